The number of carboxylic acids is 1. The van der Waals surface area contributed by atoms with Crippen molar-refractivity contribution in [3.05, 3.63) is 59.2 Å². The van der Waals surface area contributed by atoms with E-state index in [2.05, 4.69) is 10.5 Å². The molecule has 1 amide bonds. The Morgan fingerprint density at radius 2 is 1.79 bits per heavy atom. The summed E-state index contributed by atoms with van der Waals surface area (Å²) in [6, 6.07) is 11.1. The van der Waals surface area contributed by atoms with Crippen LogP contribution in [0.5, 0.6) is 11.5 Å². The molecule has 0 aliphatic carbocycles. The van der Waals surface area contributed by atoms with Crippen LogP contribution in [0, 0.1) is 0 Å². The summed E-state index contributed by atoms with van der Waals surface area (Å²) in [6.07, 6.45) is 1.35. The maximum Gasteiger partial charge on any atom is 0.339 e. The van der Waals surface area contributed by atoms with Crippen LogP contribution in [0.25, 0.3) is 0 Å². The number of carbonyl (C=O) groups is 2. The molecular formula is C17H16N2O5. The van der Waals surface area contributed by atoms with Crippen LogP contribution in [-0.2, 0) is 0 Å². The molecule has 0 spiro atoms. The van der Waals surface area contributed by atoms with E-state index in [0.717, 1.165) is 0 Å². The second-order valence-electron chi connectivity index (χ2n) is 4.69. The van der Waals surface area contributed by atoms with E-state index >= 15 is 0 Å². The molecule has 2 aromatic rings. The van der Waals surface area contributed by atoms with Crippen LogP contribution in [-0.4, -0.2) is 37.4 Å². The van der Waals surface area contributed by atoms with Crippen molar-refractivity contribution in [1.29, 1.82) is 0 Å². The smallest absolute Gasteiger partial charge is 0.339 e. The Hall–Kier alpha value is -3.35. The molecule has 0 fully saturated rings. The number of hydrogen-bond acceptors (Lipinski definition) is 5. The second kappa shape index (κ2) is 7.77. The lowest BCUT2D eigenvalue weighted by Gasteiger charge is -2.05. The Balaban J connectivity index is 2.06. The van der Waals surface area contributed by atoms with Crippen molar-refractivity contribution >= 4 is 18.1 Å². The summed E-state index contributed by atoms with van der Waals surface area (Å²) in [7, 11) is 2.93. The van der Waals surface area contributed by atoms with E-state index in [9.17, 15) is 9.59 Å². The van der Waals surface area contributed by atoms with Gasteiger partial charge in [-0.05, 0) is 48.0 Å². The number of nitrogens with one attached hydrogen (secondary N) is 1. The van der Waals surface area contributed by atoms with E-state index < -0.39 is 5.97 Å². The lowest BCUT2D eigenvalue weighted by molar-refractivity contribution is 0.0693. The van der Waals surface area contributed by atoms with Gasteiger partial charge in [0.1, 0.15) is 17.1 Å². The molecule has 0 radical (unpaired) electrons. The fourth-order valence-corrected chi connectivity index (χ4v) is 1.95. The van der Waals surface area contributed by atoms with Crippen LogP contribution in [0.15, 0.2) is 47.6 Å². The van der Waals surface area contributed by atoms with Crippen molar-refractivity contribution in [3.63, 3.8) is 0 Å². The molecule has 124 valence electrons. The number of amides is 1. The zero-order valence-electron chi connectivity index (χ0n) is 13.1. The zero-order valence-corrected chi connectivity index (χ0v) is 13.1. The quantitative estimate of drug-likeness (QED) is 0.625. The minimum absolute atomic E-state index is 0.0166. The average Bonchev–Trinajstić information content (AvgIpc) is 2.61. The lowest BCUT2D eigenvalue weighted by Crippen LogP contribution is -2.17. The highest BCUT2D eigenvalue weighted by atomic mass is 16.5. The molecule has 2 rings (SSSR count). The fraction of sp³-hybridized carbons (Fsp3) is 0.118. The van der Waals surface area contributed by atoms with Gasteiger partial charge in [0.15, 0.2) is 0 Å². The predicted molar refractivity (Wildman–Crippen MR) is 88.0 cm³/mol. The zero-order chi connectivity index (χ0) is 17.5. The minimum Gasteiger partial charge on any atom is -0.497 e. The summed E-state index contributed by atoms with van der Waals surface area (Å²) in [5.41, 5.74) is 3.33. The Bertz CT molecular complexity index is 769. The van der Waals surface area contributed by atoms with Crippen LogP contribution in [0.4, 0.5) is 0 Å². The molecular weight excluding hydrogens is 312 g/mol. The summed E-state index contributed by atoms with van der Waals surface area (Å²) < 4.78 is 9.99. The fourth-order valence-electron chi connectivity index (χ4n) is 1.95. The van der Waals surface area contributed by atoms with Gasteiger partial charge in [-0.2, -0.15) is 5.10 Å². The lowest BCUT2D eigenvalue weighted by atomic mass is 10.1. The number of carboxylic acid groups (broad SMARTS) is 1. The van der Waals surface area contributed by atoms with Gasteiger partial charge in [-0.25, -0.2) is 10.2 Å². The molecule has 0 saturated heterocycles. The first-order valence-electron chi connectivity index (χ1n) is 6.94. The molecule has 0 aliphatic heterocycles. The number of benzene rings is 2. The van der Waals surface area contributed by atoms with Gasteiger partial charge in [-0.15, -0.1) is 0 Å². The first kappa shape index (κ1) is 17.0. The molecule has 0 aromatic heterocycles. The molecule has 0 bridgehead atoms. The van der Waals surface area contributed by atoms with Gasteiger partial charge >= 0.3 is 5.97 Å². The van der Waals surface area contributed by atoms with Gasteiger partial charge in [0.25, 0.3) is 5.91 Å². The molecule has 0 unspecified atom stereocenters. The van der Waals surface area contributed by atoms with Crippen LogP contribution < -0.4 is 14.9 Å². The number of methoxy groups -OCH3 is 2. The molecule has 0 atom stereocenters. The number of nitrogens with zero attached hydrogens (tertiary/aromatic N) is 1. The molecule has 7 heteroatoms. The van der Waals surface area contributed by atoms with Crippen LogP contribution in [0.2, 0.25) is 0 Å². The third kappa shape index (κ3) is 4.10. The molecule has 0 saturated carbocycles. The van der Waals surface area contributed by atoms with Crippen molar-refractivity contribution in [2.75, 3.05) is 14.2 Å². The number of aromatic carboxylic acids is 1. The van der Waals surface area contributed by atoms with Gasteiger partial charge in [-0.1, -0.05) is 0 Å². The van der Waals surface area contributed by atoms with Crippen molar-refractivity contribution in [3.8, 4) is 11.5 Å². The first-order valence-corrected chi connectivity index (χ1v) is 6.94. The molecule has 7 nitrogen and oxygen atoms in total. The molecule has 0 heterocycles. The first-order chi connectivity index (χ1) is 11.5. The van der Waals surface area contributed by atoms with Gasteiger partial charge in [0.2, 0.25) is 0 Å². The molecule has 24 heavy (non-hydrogen) atoms. The van der Waals surface area contributed by atoms with Crippen molar-refractivity contribution in [2.24, 2.45) is 5.10 Å². The van der Waals surface area contributed by atoms with E-state index in [1.165, 1.54) is 25.5 Å². The van der Waals surface area contributed by atoms with E-state index in [-0.39, 0.29) is 17.2 Å². The highest BCUT2D eigenvalue weighted by Crippen LogP contribution is 2.19. The highest BCUT2D eigenvalue weighted by molar-refractivity contribution is 5.96. The van der Waals surface area contributed by atoms with Crippen molar-refractivity contribution < 1.29 is 24.2 Å². The maximum absolute atomic E-state index is 11.9. The van der Waals surface area contributed by atoms with E-state index in [4.69, 9.17) is 14.6 Å². The number of hydrogen-bond donors (Lipinski definition) is 2. The summed E-state index contributed by atoms with van der Waals surface area (Å²) >= 11 is 0. The Morgan fingerprint density at radius 1 is 1.08 bits per heavy atom. The topological polar surface area (TPSA) is 97.2 Å². The SMILES string of the molecule is COc1ccc(C(=O)N/N=C\c2ccc(OC)c(C(=O)O)c2)cc1. The van der Waals surface area contributed by atoms with Crippen LogP contribution in [0.1, 0.15) is 26.3 Å². The van der Waals surface area contributed by atoms with E-state index in [1.54, 1.807) is 37.4 Å². The number of carbonyl (C=O) groups excluding carboxylic acids is 1. The van der Waals surface area contributed by atoms with Gasteiger partial charge < -0.3 is 14.6 Å². The molecule has 2 aromatic carbocycles. The van der Waals surface area contributed by atoms with Gasteiger partial charge in [0, 0.05) is 5.56 Å². The second-order valence-corrected chi connectivity index (χ2v) is 4.69. The van der Waals surface area contributed by atoms with E-state index in [0.29, 0.717) is 16.9 Å². The molecule has 0 aliphatic rings. The third-order valence-corrected chi connectivity index (χ3v) is 3.19. The number of ether oxygens (including phenoxy) is 2. The predicted octanol–water partition coefficient (Wildman–Crippen LogP) is 2.17. The number of rotatable bonds is 6. The van der Waals surface area contributed by atoms with Crippen molar-refractivity contribution in [2.45, 2.75) is 0 Å². The summed E-state index contributed by atoms with van der Waals surface area (Å²) in [6.45, 7) is 0. The van der Waals surface area contributed by atoms with E-state index in [1.807, 2.05) is 0 Å². The van der Waals surface area contributed by atoms with Crippen LogP contribution >= 0.6 is 0 Å². The summed E-state index contributed by atoms with van der Waals surface area (Å²) in [4.78, 5) is 23.1. The minimum atomic E-state index is -1.11. The third-order valence-electron chi connectivity index (χ3n) is 3.19. The molecule has 2 N–H and O–H groups in total. The summed E-state index contributed by atoms with van der Waals surface area (Å²) in [5.74, 6) is -0.596. The Morgan fingerprint density at radius 3 is 2.38 bits per heavy atom. The largest absolute Gasteiger partial charge is 0.497 e. The normalized spacial score (nSPS) is 10.4. The van der Waals surface area contributed by atoms with Crippen molar-refractivity contribution in [1.82, 2.24) is 5.43 Å². The Kier molecular flexibility index (Phi) is 5.51. The maximum atomic E-state index is 11.9. The highest BCUT2D eigenvalue weighted by Gasteiger charge is 2.11. The number of hydrazone groups is 1. The summed E-state index contributed by atoms with van der Waals surface area (Å²) in [5, 5.41) is 12.9. The Labute approximate surface area is 138 Å². The van der Waals surface area contributed by atoms with Gasteiger partial charge in [0.05, 0.1) is 20.4 Å². The monoisotopic (exact) mass is 328 g/mol. The van der Waals surface area contributed by atoms with Gasteiger partial charge in [-0.3, -0.25) is 4.79 Å². The average molecular weight is 328 g/mol. The standard InChI is InChI=1S/C17H16N2O5/c1-23-13-6-4-12(5-7-13)16(20)19-18-10-11-3-8-15(24-2)14(9-11)17(21)22/h3-10H,1-2H3,(H,19,20)(H,21,22)/b18-10-. The van der Waals surface area contributed by atoms with Crippen LogP contribution in [0.3, 0.4) is 0 Å².